The van der Waals surface area contributed by atoms with Crippen molar-refractivity contribution in [2.75, 3.05) is 18.1 Å². The number of ether oxygens (including phenoxy) is 1. The molecule has 0 bridgehead atoms. The monoisotopic (exact) mass is 435 g/mol. The molecule has 3 rings (SSSR count). The molecular weight excluding hydrogens is 406 g/mol. The van der Waals surface area contributed by atoms with Crippen molar-refractivity contribution in [3.63, 3.8) is 0 Å². The van der Waals surface area contributed by atoms with Crippen LogP contribution in [0, 0.1) is 6.92 Å². The number of nitrogens with zero attached hydrogens (tertiary/aromatic N) is 1. The van der Waals surface area contributed by atoms with Crippen molar-refractivity contribution in [1.82, 2.24) is 4.90 Å². The summed E-state index contributed by atoms with van der Waals surface area (Å²) in [6, 6.07) is 8.93. The topological polar surface area (TPSA) is 63.7 Å². The molecule has 7 heteroatoms. The van der Waals surface area contributed by atoms with E-state index in [4.69, 9.17) is 4.74 Å². The molecule has 0 spiro atoms. The van der Waals surface area contributed by atoms with E-state index in [1.807, 2.05) is 30.5 Å². The molecule has 1 aromatic heterocycles. The summed E-state index contributed by atoms with van der Waals surface area (Å²) in [5, 5.41) is 2.00. The number of carbonyl (C=O) groups excluding carboxylic acids is 1. The van der Waals surface area contributed by atoms with Gasteiger partial charge in [0.05, 0.1) is 24.7 Å². The lowest BCUT2D eigenvalue weighted by molar-refractivity contribution is 0.0683. The first-order valence-electron chi connectivity index (χ1n) is 10.2. The molecule has 1 unspecified atom stereocenters. The van der Waals surface area contributed by atoms with Gasteiger partial charge in [0.15, 0.2) is 9.84 Å². The van der Waals surface area contributed by atoms with Crippen LogP contribution in [0.5, 0.6) is 5.75 Å². The van der Waals surface area contributed by atoms with Crippen LogP contribution in [-0.2, 0) is 16.4 Å². The fourth-order valence-electron chi connectivity index (χ4n) is 3.51. The average molecular weight is 436 g/mol. The van der Waals surface area contributed by atoms with Gasteiger partial charge in [-0.2, -0.15) is 0 Å². The predicted octanol–water partition coefficient (Wildman–Crippen LogP) is 4.46. The second-order valence-corrected chi connectivity index (χ2v) is 10.8. The molecule has 1 aliphatic heterocycles. The van der Waals surface area contributed by atoms with Crippen molar-refractivity contribution in [2.24, 2.45) is 0 Å². The molecule has 0 aliphatic carbocycles. The van der Waals surface area contributed by atoms with Gasteiger partial charge in [0, 0.05) is 16.5 Å². The highest BCUT2D eigenvalue weighted by molar-refractivity contribution is 7.91. The molecule has 0 radical (unpaired) electrons. The second kappa shape index (κ2) is 9.76. The van der Waals surface area contributed by atoms with Gasteiger partial charge in [0.2, 0.25) is 0 Å². The van der Waals surface area contributed by atoms with Crippen LogP contribution in [0.15, 0.2) is 35.7 Å². The lowest BCUT2D eigenvalue weighted by atomic mass is 10.1. The standard InChI is InChI=1S/C22H29NO4S2/c1-3-4-5-12-27-20-8-6-18(7-9-20)22(24)23(15-21-17(2)10-13-28-21)19-11-14-29(25,26)16-19/h6-10,13,19H,3-5,11-12,14-16H2,1-2H3. The summed E-state index contributed by atoms with van der Waals surface area (Å²) in [6.07, 6.45) is 3.80. The summed E-state index contributed by atoms with van der Waals surface area (Å²) < 4.78 is 29.8. The van der Waals surface area contributed by atoms with E-state index in [1.54, 1.807) is 28.4 Å². The van der Waals surface area contributed by atoms with E-state index in [-0.39, 0.29) is 23.5 Å². The first kappa shape index (κ1) is 21.8. The number of unbranched alkanes of at least 4 members (excludes halogenated alkanes) is 2. The molecule has 1 aliphatic rings. The Morgan fingerprint density at radius 3 is 2.55 bits per heavy atom. The summed E-state index contributed by atoms with van der Waals surface area (Å²) in [7, 11) is -3.08. The molecule has 0 saturated carbocycles. The van der Waals surface area contributed by atoms with Crippen LogP contribution >= 0.6 is 11.3 Å². The van der Waals surface area contributed by atoms with Gasteiger partial charge in [-0.05, 0) is 61.0 Å². The zero-order valence-corrected chi connectivity index (χ0v) is 18.7. The first-order chi connectivity index (χ1) is 13.9. The quantitative estimate of drug-likeness (QED) is 0.546. The SMILES string of the molecule is CCCCCOc1ccc(C(=O)N(Cc2sccc2C)C2CCS(=O)(=O)C2)cc1. The van der Waals surface area contributed by atoms with E-state index in [2.05, 4.69) is 6.92 Å². The van der Waals surface area contributed by atoms with Crippen LogP contribution in [0.1, 0.15) is 53.4 Å². The number of benzene rings is 1. The van der Waals surface area contributed by atoms with Crippen molar-refractivity contribution in [1.29, 1.82) is 0 Å². The third kappa shape index (κ3) is 5.82. The molecule has 0 N–H and O–H groups in total. The van der Waals surface area contributed by atoms with E-state index in [9.17, 15) is 13.2 Å². The molecule has 2 aromatic rings. The zero-order chi connectivity index (χ0) is 20.9. The average Bonchev–Trinajstić information content (AvgIpc) is 3.27. The Kier molecular flexibility index (Phi) is 7.35. The predicted molar refractivity (Wildman–Crippen MR) is 117 cm³/mol. The van der Waals surface area contributed by atoms with E-state index >= 15 is 0 Å². The van der Waals surface area contributed by atoms with E-state index < -0.39 is 9.84 Å². The molecule has 158 valence electrons. The Labute approximate surface area is 177 Å². The highest BCUT2D eigenvalue weighted by Crippen LogP contribution is 2.26. The van der Waals surface area contributed by atoms with E-state index in [0.29, 0.717) is 25.1 Å². The molecule has 2 heterocycles. The number of carbonyl (C=O) groups is 1. The van der Waals surface area contributed by atoms with Gasteiger partial charge in [0.25, 0.3) is 5.91 Å². The molecule has 1 saturated heterocycles. The Balaban J connectivity index is 1.74. The Morgan fingerprint density at radius 2 is 1.97 bits per heavy atom. The van der Waals surface area contributed by atoms with Gasteiger partial charge < -0.3 is 9.64 Å². The van der Waals surface area contributed by atoms with Crippen molar-refractivity contribution >= 4 is 27.1 Å². The van der Waals surface area contributed by atoms with E-state index in [1.165, 1.54) is 0 Å². The third-order valence-corrected chi connectivity index (χ3v) is 8.07. The van der Waals surface area contributed by atoms with Gasteiger partial charge in [-0.3, -0.25) is 4.79 Å². The Hall–Kier alpha value is -1.86. The van der Waals surface area contributed by atoms with Crippen molar-refractivity contribution in [3.05, 3.63) is 51.7 Å². The van der Waals surface area contributed by atoms with Crippen LogP contribution in [-0.4, -0.2) is 43.4 Å². The molecular formula is C22H29NO4S2. The minimum absolute atomic E-state index is 0.0434. The molecule has 5 nitrogen and oxygen atoms in total. The minimum Gasteiger partial charge on any atom is -0.494 e. The number of rotatable bonds is 9. The largest absolute Gasteiger partial charge is 0.494 e. The van der Waals surface area contributed by atoms with Crippen LogP contribution in [0.25, 0.3) is 0 Å². The molecule has 1 amide bonds. The number of sulfone groups is 1. The number of aryl methyl sites for hydroxylation is 1. The molecule has 1 aromatic carbocycles. The molecule has 1 atom stereocenters. The van der Waals surface area contributed by atoms with Crippen LogP contribution in [0.4, 0.5) is 0 Å². The van der Waals surface area contributed by atoms with Crippen LogP contribution < -0.4 is 4.74 Å². The van der Waals surface area contributed by atoms with Crippen molar-refractivity contribution in [3.8, 4) is 5.75 Å². The van der Waals surface area contributed by atoms with E-state index in [0.717, 1.165) is 35.5 Å². The number of thiophene rings is 1. The van der Waals surface area contributed by atoms with Crippen molar-refractivity contribution < 1.29 is 17.9 Å². The maximum atomic E-state index is 13.3. The maximum absolute atomic E-state index is 13.3. The van der Waals surface area contributed by atoms with Crippen LogP contribution in [0.2, 0.25) is 0 Å². The highest BCUT2D eigenvalue weighted by Gasteiger charge is 2.35. The lowest BCUT2D eigenvalue weighted by Gasteiger charge is -2.28. The Bertz CT molecular complexity index is 919. The molecule has 1 fully saturated rings. The minimum atomic E-state index is -3.08. The Morgan fingerprint density at radius 1 is 1.21 bits per heavy atom. The summed E-state index contributed by atoms with van der Waals surface area (Å²) in [5.41, 5.74) is 1.69. The summed E-state index contributed by atoms with van der Waals surface area (Å²) in [6.45, 7) is 5.28. The smallest absolute Gasteiger partial charge is 0.254 e. The van der Waals surface area contributed by atoms with Gasteiger partial charge in [-0.15, -0.1) is 11.3 Å². The number of hydrogen-bond acceptors (Lipinski definition) is 5. The second-order valence-electron chi connectivity index (χ2n) is 7.60. The third-order valence-electron chi connectivity index (χ3n) is 5.31. The summed E-state index contributed by atoms with van der Waals surface area (Å²) in [5.74, 6) is 0.816. The summed E-state index contributed by atoms with van der Waals surface area (Å²) in [4.78, 5) is 16.1. The van der Waals surface area contributed by atoms with Crippen molar-refractivity contribution in [2.45, 2.75) is 52.1 Å². The zero-order valence-electron chi connectivity index (χ0n) is 17.1. The normalized spacial score (nSPS) is 17.9. The number of amides is 1. The van der Waals surface area contributed by atoms with Crippen LogP contribution in [0.3, 0.4) is 0 Å². The van der Waals surface area contributed by atoms with Gasteiger partial charge >= 0.3 is 0 Å². The lowest BCUT2D eigenvalue weighted by Crippen LogP contribution is -2.40. The summed E-state index contributed by atoms with van der Waals surface area (Å²) >= 11 is 1.60. The fourth-order valence-corrected chi connectivity index (χ4v) is 6.15. The van der Waals surface area contributed by atoms with Gasteiger partial charge in [-0.25, -0.2) is 8.42 Å². The fraction of sp³-hybridized carbons (Fsp3) is 0.500. The highest BCUT2D eigenvalue weighted by atomic mass is 32.2. The van der Waals surface area contributed by atoms with Gasteiger partial charge in [-0.1, -0.05) is 19.8 Å². The first-order valence-corrected chi connectivity index (χ1v) is 12.9. The molecule has 29 heavy (non-hydrogen) atoms. The number of hydrogen-bond donors (Lipinski definition) is 0. The van der Waals surface area contributed by atoms with Gasteiger partial charge in [0.1, 0.15) is 5.75 Å². The maximum Gasteiger partial charge on any atom is 0.254 e.